The van der Waals surface area contributed by atoms with E-state index in [1.165, 1.54) is 11.0 Å². The molecule has 5 rings (SSSR count). The number of benzene rings is 2. The number of ketones is 1. The number of Topliss-reactive ketones (excluding diaryl/α,β-unsaturated/α-hetero) is 1. The van der Waals surface area contributed by atoms with Crippen molar-refractivity contribution in [3.63, 3.8) is 0 Å². The molecule has 0 unspecified atom stereocenters. The molecule has 1 N–H and O–H groups in total. The van der Waals surface area contributed by atoms with Gasteiger partial charge >= 0.3 is 11.9 Å². The predicted octanol–water partition coefficient (Wildman–Crippen LogP) is 4.85. The molecule has 0 bridgehead atoms. The van der Waals surface area contributed by atoms with Crippen LogP contribution in [0, 0.1) is 6.92 Å². The van der Waals surface area contributed by atoms with Crippen LogP contribution in [0.1, 0.15) is 32.5 Å². The molecule has 3 heterocycles. The van der Waals surface area contributed by atoms with Gasteiger partial charge in [-0.3, -0.25) is 14.5 Å². The third-order valence-electron chi connectivity index (χ3n) is 5.93. The fraction of sp³-hybridized carbons (Fsp3) is 0.185. The van der Waals surface area contributed by atoms with Crippen molar-refractivity contribution in [2.24, 2.45) is 0 Å². The summed E-state index contributed by atoms with van der Waals surface area (Å²) in [4.78, 5) is 45.1. The highest BCUT2D eigenvalue weighted by Gasteiger charge is 2.48. The Morgan fingerprint density at radius 1 is 1.24 bits per heavy atom. The first-order valence-electron chi connectivity index (χ1n) is 11.5. The van der Waals surface area contributed by atoms with Gasteiger partial charge in [0.1, 0.15) is 30.5 Å². The first-order chi connectivity index (χ1) is 18.3. The predicted molar refractivity (Wildman–Crippen MR) is 141 cm³/mol. The van der Waals surface area contributed by atoms with E-state index in [9.17, 15) is 19.5 Å². The summed E-state index contributed by atoms with van der Waals surface area (Å²) < 4.78 is 16.3. The number of nitrogens with zero attached hydrogens (tertiary/aromatic N) is 2. The summed E-state index contributed by atoms with van der Waals surface area (Å²) in [6.07, 6.45) is 1.44. The number of thiazole rings is 1. The van der Waals surface area contributed by atoms with Crippen LogP contribution in [0.25, 0.3) is 5.76 Å². The van der Waals surface area contributed by atoms with Gasteiger partial charge in [-0.25, -0.2) is 9.78 Å². The third kappa shape index (κ3) is 4.52. The summed E-state index contributed by atoms with van der Waals surface area (Å²) in [5, 5.41) is 11.8. The number of rotatable bonds is 6. The van der Waals surface area contributed by atoms with Gasteiger partial charge in [0.25, 0.3) is 5.78 Å². The van der Waals surface area contributed by atoms with Crippen LogP contribution in [0.3, 0.4) is 0 Å². The Balaban J connectivity index is 1.65. The molecule has 0 aliphatic carbocycles. The Kier molecular flexibility index (Phi) is 6.92. The lowest BCUT2D eigenvalue weighted by molar-refractivity contribution is -0.132. The number of esters is 1. The molecule has 1 amide bonds. The van der Waals surface area contributed by atoms with Gasteiger partial charge in [0.15, 0.2) is 16.6 Å². The summed E-state index contributed by atoms with van der Waals surface area (Å²) >= 11 is 7.16. The van der Waals surface area contributed by atoms with Crippen LogP contribution >= 0.6 is 22.9 Å². The van der Waals surface area contributed by atoms with E-state index in [2.05, 4.69) is 11.6 Å². The summed E-state index contributed by atoms with van der Waals surface area (Å²) in [5.74, 6) is -1.93. The highest BCUT2D eigenvalue weighted by molar-refractivity contribution is 7.17. The SMILES string of the molecule is C=CCOC(=O)c1sc(N2C(=O)C(=O)/C(=C(/O)c3ccc4c(c3)OCCO4)[C@H]2c2cccc(Cl)c2)nc1C. The number of hydrogen-bond acceptors (Lipinski definition) is 9. The average Bonchev–Trinajstić information content (AvgIpc) is 3.43. The number of aryl methyl sites for hydroxylation is 1. The van der Waals surface area contributed by atoms with Crippen LogP contribution in [-0.2, 0) is 14.3 Å². The summed E-state index contributed by atoms with van der Waals surface area (Å²) in [7, 11) is 0. The molecule has 194 valence electrons. The van der Waals surface area contributed by atoms with Crippen molar-refractivity contribution in [3.8, 4) is 11.5 Å². The number of hydrogen-bond donors (Lipinski definition) is 1. The van der Waals surface area contributed by atoms with Crippen LogP contribution in [0.4, 0.5) is 5.13 Å². The maximum Gasteiger partial charge on any atom is 0.350 e. The molecule has 0 saturated carbocycles. The molecular formula is C27H21ClN2O7S. The van der Waals surface area contributed by atoms with Gasteiger partial charge in [-0.1, -0.05) is 47.7 Å². The minimum absolute atomic E-state index is 0.00800. The first-order valence-corrected chi connectivity index (χ1v) is 12.7. The van der Waals surface area contributed by atoms with E-state index < -0.39 is 29.5 Å². The second kappa shape index (κ2) is 10.3. The topological polar surface area (TPSA) is 115 Å². The summed E-state index contributed by atoms with van der Waals surface area (Å²) in [6.45, 7) is 5.87. The summed E-state index contributed by atoms with van der Waals surface area (Å²) in [6, 6.07) is 10.3. The highest BCUT2D eigenvalue weighted by atomic mass is 35.5. The van der Waals surface area contributed by atoms with Crippen LogP contribution in [0.5, 0.6) is 11.5 Å². The van der Waals surface area contributed by atoms with Gasteiger partial charge in [0.05, 0.1) is 17.3 Å². The van der Waals surface area contributed by atoms with Crippen molar-refractivity contribution in [1.29, 1.82) is 0 Å². The molecule has 11 heteroatoms. The van der Waals surface area contributed by atoms with Crippen molar-refractivity contribution in [2.45, 2.75) is 13.0 Å². The van der Waals surface area contributed by atoms with Gasteiger partial charge in [-0.2, -0.15) is 0 Å². The Hall–Kier alpha value is -4.15. The molecule has 2 aromatic carbocycles. The zero-order valence-electron chi connectivity index (χ0n) is 20.1. The molecule has 1 fully saturated rings. The molecule has 1 saturated heterocycles. The Labute approximate surface area is 226 Å². The number of carbonyl (C=O) groups excluding carboxylic acids is 3. The minimum atomic E-state index is -1.07. The molecule has 1 atom stereocenters. The largest absolute Gasteiger partial charge is 0.507 e. The number of halogens is 1. The van der Waals surface area contributed by atoms with Crippen LogP contribution in [0.15, 0.2) is 60.7 Å². The van der Waals surface area contributed by atoms with E-state index in [1.54, 1.807) is 49.4 Å². The molecule has 0 radical (unpaired) electrons. The van der Waals surface area contributed by atoms with Crippen LogP contribution in [0.2, 0.25) is 5.02 Å². The minimum Gasteiger partial charge on any atom is -0.507 e. The summed E-state index contributed by atoms with van der Waals surface area (Å²) in [5.41, 5.74) is 0.915. The van der Waals surface area contributed by atoms with E-state index in [1.807, 2.05) is 0 Å². The number of ether oxygens (including phenoxy) is 3. The second-order valence-electron chi connectivity index (χ2n) is 8.38. The lowest BCUT2D eigenvalue weighted by atomic mass is 9.95. The first kappa shape index (κ1) is 25.5. The maximum atomic E-state index is 13.4. The normalized spacial score (nSPS) is 17.9. The number of anilines is 1. The van der Waals surface area contributed by atoms with Crippen LogP contribution in [-0.4, -0.2) is 47.6 Å². The van der Waals surface area contributed by atoms with Gasteiger partial charge in [0, 0.05) is 10.6 Å². The van der Waals surface area contributed by atoms with E-state index in [4.69, 9.17) is 25.8 Å². The molecular weight excluding hydrogens is 532 g/mol. The van der Waals surface area contributed by atoms with Gasteiger partial charge < -0.3 is 19.3 Å². The fourth-order valence-corrected chi connectivity index (χ4v) is 5.43. The fourth-order valence-electron chi connectivity index (χ4n) is 4.24. The lowest BCUT2D eigenvalue weighted by Gasteiger charge is -2.23. The second-order valence-corrected chi connectivity index (χ2v) is 9.79. The molecule has 1 aromatic heterocycles. The van der Waals surface area contributed by atoms with Gasteiger partial charge in [-0.05, 0) is 42.8 Å². The molecule has 38 heavy (non-hydrogen) atoms. The number of amides is 1. The molecule has 2 aliphatic rings. The van der Waals surface area contributed by atoms with E-state index in [0.29, 0.717) is 41.0 Å². The van der Waals surface area contributed by atoms with Crippen LogP contribution < -0.4 is 14.4 Å². The number of aliphatic hydroxyl groups excluding tert-OH is 1. The van der Waals surface area contributed by atoms with Crippen molar-refractivity contribution in [3.05, 3.63) is 87.4 Å². The zero-order chi connectivity index (χ0) is 27.0. The van der Waals surface area contributed by atoms with Crippen molar-refractivity contribution in [1.82, 2.24) is 4.98 Å². The quantitative estimate of drug-likeness (QED) is 0.152. The molecule has 3 aromatic rings. The van der Waals surface area contributed by atoms with Crippen molar-refractivity contribution >= 4 is 51.5 Å². The standard InChI is InChI=1S/C27H21ClN2O7S/c1-3-9-37-26(34)24-14(2)29-27(38-24)30-21(15-5-4-6-17(28)12-15)20(23(32)25(30)33)22(31)16-7-8-18-19(13-16)36-11-10-35-18/h3-8,12-13,21,31H,1,9-11H2,2H3/b22-20+/t21-/m1/s1. The average molecular weight is 553 g/mol. The number of aromatic nitrogens is 1. The molecule has 0 spiro atoms. The Morgan fingerprint density at radius 2 is 2.00 bits per heavy atom. The van der Waals surface area contributed by atoms with Gasteiger partial charge in [-0.15, -0.1) is 0 Å². The Morgan fingerprint density at radius 3 is 2.74 bits per heavy atom. The third-order valence-corrected chi connectivity index (χ3v) is 7.31. The highest BCUT2D eigenvalue weighted by Crippen LogP contribution is 2.45. The number of carbonyl (C=O) groups is 3. The number of aliphatic hydroxyl groups is 1. The van der Waals surface area contributed by atoms with Crippen molar-refractivity contribution in [2.75, 3.05) is 24.7 Å². The lowest BCUT2D eigenvalue weighted by Crippen LogP contribution is -2.29. The number of fused-ring (bicyclic) bond motifs is 1. The molecule has 2 aliphatic heterocycles. The van der Waals surface area contributed by atoms with E-state index in [0.717, 1.165) is 11.3 Å². The molecule has 9 nitrogen and oxygen atoms in total. The van der Waals surface area contributed by atoms with Crippen molar-refractivity contribution < 1.29 is 33.7 Å². The maximum absolute atomic E-state index is 13.4. The monoisotopic (exact) mass is 552 g/mol. The van der Waals surface area contributed by atoms with E-state index >= 15 is 0 Å². The Bertz CT molecular complexity index is 1510. The zero-order valence-corrected chi connectivity index (χ0v) is 21.7. The smallest absolute Gasteiger partial charge is 0.350 e. The van der Waals surface area contributed by atoms with Gasteiger partial charge in [0.2, 0.25) is 0 Å². The van der Waals surface area contributed by atoms with E-state index in [-0.39, 0.29) is 27.8 Å².